The Balaban J connectivity index is 1.86. The molecule has 1 saturated heterocycles. The highest BCUT2D eigenvalue weighted by molar-refractivity contribution is 8.18. The van der Waals surface area contributed by atoms with Crippen molar-refractivity contribution in [3.05, 3.63) is 74.1 Å². The molecule has 0 bridgehead atoms. The molecule has 0 aromatic heterocycles. The van der Waals surface area contributed by atoms with Crippen LogP contribution in [0.2, 0.25) is 5.02 Å². The first-order chi connectivity index (χ1) is 11.9. The van der Waals surface area contributed by atoms with Crippen molar-refractivity contribution in [2.75, 3.05) is 7.05 Å². The quantitative estimate of drug-likeness (QED) is 0.451. The number of nitrogens with zero attached hydrogens (tertiary/aromatic N) is 3. The summed E-state index contributed by atoms with van der Waals surface area (Å²) in [5.74, 6) is -0.177. The Labute approximate surface area is 153 Å². The number of amidine groups is 1. The zero-order valence-electron chi connectivity index (χ0n) is 13.0. The predicted molar refractivity (Wildman–Crippen MR) is 100.0 cm³/mol. The van der Waals surface area contributed by atoms with Gasteiger partial charge in [-0.1, -0.05) is 17.7 Å². The number of amides is 1. The highest BCUT2D eigenvalue weighted by atomic mass is 35.5. The average Bonchev–Trinajstić information content (AvgIpc) is 2.83. The van der Waals surface area contributed by atoms with E-state index in [0.29, 0.717) is 26.3 Å². The number of nitro benzene ring substituents is 1. The number of non-ortho nitro benzene ring substituents is 1. The topological polar surface area (TPSA) is 75.8 Å². The first-order valence-electron chi connectivity index (χ1n) is 7.20. The van der Waals surface area contributed by atoms with Gasteiger partial charge in [0.2, 0.25) is 0 Å². The summed E-state index contributed by atoms with van der Waals surface area (Å²) in [4.78, 5) is 29.0. The van der Waals surface area contributed by atoms with Crippen molar-refractivity contribution in [3.8, 4) is 0 Å². The van der Waals surface area contributed by atoms with Crippen LogP contribution in [0.15, 0.2) is 58.4 Å². The maximum Gasteiger partial charge on any atom is 0.269 e. The summed E-state index contributed by atoms with van der Waals surface area (Å²) >= 11 is 7.19. The van der Waals surface area contributed by atoms with E-state index in [1.807, 2.05) is 0 Å². The molecule has 0 saturated carbocycles. The van der Waals surface area contributed by atoms with E-state index < -0.39 is 4.92 Å². The summed E-state index contributed by atoms with van der Waals surface area (Å²) in [5.41, 5.74) is 1.37. The number of carbonyl (C=O) groups excluding carboxylic acids is 1. The maximum absolute atomic E-state index is 12.4. The number of halogens is 1. The van der Waals surface area contributed by atoms with Crippen LogP contribution in [0, 0.1) is 10.1 Å². The molecule has 0 atom stereocenters. The first-order valence-corrected chi connectivity index (χ1v) is 8.40. The molecule has 0 unspecified atom stereocenters. The third kappa shape index (κ3) is 3.89. The van der Waals surface area contributed by atoms with Crippen LogP contribution in [0.3, 0.4) is 0 Å². The number of hydrogen-bond acceptors (Lipinski definition) is 5. The number of likely N-dealkylation sites (N-methyl/N-ethyl adjacent to an activating group) is 1. The third-order valence-electron chi connectivity index (χ3n) is 3.44. The van der Waals surface area contributed by atoms with Gasteiger partial charge in [0.15, 0.2) is 5.17 Å². The molecule has 3 rings (SSSR count). The molecule has 0 spiro atoms. The molecule has 1 heterocycles. The molecule has 1 aliphatic rings. The largest absolute Gasteiger partial charge is 0.290 e. The number of carbonyl (C=O) groups is 1. The van der Waals surface area contributed by atoms with E-state index in [4.69, 9.17) is 11.6 Å². The van der Waals surface area contributed by atoms with Crippen molar-refractivity contribution in [2.45, 2.75) is 0 Å². The van der Waals surface area contributed by atoms with Gasteiger partial charge in [0.1, 0.15) is 0 Å². The molecule has 2 aromatic carbocycles. The summed E-state index contributed by atoms with van der Waals surface area (Å²) in [6.07, 6.45) is 1.69. The number of hydrogen-bond donors (Lipinski definition) is 0. The molecule has 1 aliphatic heterocycles. The Morgan fingerprint density at radius 3 is 2.60 bits per heavy atom. The highest BCUT2D eigenvalue weighted by Crippen LogP contribution is 2.33. The Bertz CT molecular complexity index is 910. The lowest BCUT2D eigenvalue weighted by molar-refractivity contribution is -0.384. The Morgan fingerprint density at radius 2 is 1.96 bits per heavy atom. The Hall–Kier alpha value is -2.64. The average molecular weight is 374 g/mol. The van der Waals surface area contributed by atoms with E-state index in [-0.39, 0.29) is 11.6 Å². The number of nitro groups is 1. The van der Waals surface area contributed by atoms with E-state index in [1.165, 1.54) is 28.8 Å². The van der Waals surface area contributed by atoms with E-state index in [2.05, 4.69) is 4.99 Å². The number of rotatable bonds is 3. The van der Waals surface area contributed by atoms with Crippen LogP contribution in [0.5, 0.6) is 0 Å². The maximum atomic E-state index is 12.4. The number of thioether (sulfide) groups is 1. The van der Waals surface area contributed by atoms with Crippen molar-refractivity contribution in [1.82, 2.24) is 4.90 Å². The fourth-order valence-electron chi connectivity index (χ4n) is 2.15. The molecule has 1 fully saturated rings. The molecule has 0 N–H and O–H groups in total. The predicted octanol–water partition coefficient (Wildman–Crippen LogP) is 4.48. The lowest BCUT2D eigenvalue weighted by atomic mass is 10.2. The summed E-state index contributed by atoms with van der Waals surface area (Å²) in [6.45, 7) is 0. The van der Waals surface area contributed by atoms with E-state index in [1.54, 1.807) is 49.5 Å². The summed E-state index contributed by atoms with van der Waals surface area (Å²) in [7, 11) is 1.65. The molecular formula is C17H12ClN3O3S. The molecule has 0 aliphatic carbocycles. The van der Waals surface area contributed by atoms with Gasteiger partial charge in [-0.25, -0.2) is 4.99 Å². The van der Waals surface area contributed by atoms with Gasteiger partial charge < -0.3 is 0 Å². The molecule has 2 aromatic rings. The van der Waals surface area contributed by atoms with Crippen LogP contribution in [0.4, 0.5) is 11.4 Å². The summed E-state index contributed by atoms with van der Waals surface area (Å²) in [5, 5.41) is 11.8. The van der Waals surface area contributed by atoms with Crippen molar-refractivity contribution >= 4 is 51.9 Å². The number of aliphatic imine (C=N–C) groups is 1. The monoisotopic (exact) mass is 373 g/mol. The smallest absolute Gasteiger partial charge is 0.269 e. The number of benzene rings is 2. The van der Waals surface area contributed by atoms with Crippen LogP contribution in [-0.4, -0.2) is 27.9 Å². The van der Waals surface area contributed by atoms with Crippen molar-refractivity contribution in [1.29, 1.82) is 0 Å². The Morgan fingerprint density at radius 1 is 1.24 bits per heavy atom. The first kappa shape index (κ1) is 17.2. The van der Waals surface area contributed by atoms with Gasteiger partial charge in [-0.2, -0.15) is 0 Å². The van der Waals surface area contributed by atoms with Gasteiger partial charge in [-0.3, -0.25) is 19.8 Å². The normalized spacial score (nSPS) is 17.5. The summed E-state index contributed by atoms with van der Waals surface area (Å²) < 4.78 is 0. The minimum absolute atomic E-state index is 0.00729. The second kappa shape index (κ2) is 7.08. The minimum atomic E-state index is -0.462. The fourth-order valence-corrected chi connectivity index (χ4v) is 3.32. The van der Waals surface area contributed by atoms with Crippen molar-refractivity contribution in [2.24, 2.45) is 4.99 Å². The van der Waals surface area contributed by atoms with Crippen LogP contribution >= 0.6 is 23.4 Å². The van der Waals surface area contributed by atoms with Crippen molar-refractivity contribution in [3.63, 3.8) is 0 Å². The van der Waals surface area contributed by atoms with Crippen LogP contribution in [0.1, 0.15) is 5.56 Å². The molecule has 0 radical (unpaired) electrons. The highest BCUT2D eigenvalue weighted by Gasteiger charge is 2.30. The second-order valence-electron chi connectivity index (χ2n) is 5.20. The van der Waals surface area contributed by atoms with Crippen molar-refractivity contribution < 1.29 is 9.72 Å². The molecule has 126 valence electrons. The van der Waals surface area contributed by atoms with Gasteiger partial charge in [0.25, 0.3) is 11.6 Å². The molecule has 1 amide bonds. The van der Waals surface area contributed by atoms with Gasteiger partial charge >= 0.3 is 0 Å². The van der Waals surface area contributed by atoms with E-state index in [0.717, 1.165) is 0 Å². The fraction of sp³-hybridized carbons (Fsp3) is 0.0588. The van der Waals surface area contributed by atoms with Crippen LogP contribution in [-0.2, 0) is 4.79 Å². The zero-order chi connectivity index (χ0) is 18.0. The zero-order valence-corrected chi connectivity index (χ0v) is 14.6. The standard InChI is InChI=1S/C17H12ClN3O3S/c1-20-16(22)15(9-11-5-7-14(8-6-11)21(23)24)25-17(20)19-13-4-2-3-12(18)10-13/h2-10H,1H3/b15-9+,19-17?. The SMILES string of the molecule is CN1C(=O)/C(=C\c2ccc([N+](=O)[O-])cc2)SC1=Nc1cccc(Cl)c1. The lowest BCUT2D eigenvalue weighted by Crippen LogP contribution is -2.23. The van der Waals surface area contributed by atoms with Crippen LogP contribution < -0.4 is 0 Å². The molecule has 8 heteroatoms. The van der Waals surface area contributed by atoms with E-state index >= 15 is 0 Å². The third-order valence-corrected chi connectivity index (χ3v) is 4.73. The van der Waals surface area contributed by atoms with Crippen LogP contribution in [0.25, 0.3) is 6.08 Å². The van der Waals surface area contributed by atoms with Gasteiger partial charge in [0, 0.05) is 24.2 Å². The molecule has 6 nitrogen and oxygen atoms in total. The minimum Gasteiger partial charge on any atom is -0.290 e. The second-order valence-corrected chi connectivity index (χ2v) is 6.64. The van der Waals surface area contributed by atoms with Gasteiger partial charge in [0.05, 0.1) is 15.5 Å². The van der Waals surface area contributed by atoms with E-state index in [9.17, 15) is 14.9 Å². The Kier molecular flexibility index (Phi) is 4.87. The molecule has 25 heavy (non-hydrogen) atoms. The van der Waals surface area contributed by atoms with Gasteiger partial charge in [-0.15, -0.1) is 0 Å². The molecular weight excluding hydrogens is 362 g/mol. The summed E-state index contributed by atoms with van der Waals surface area (Å²) in [6, 6.07) is 13.1. The lowest BCUT2D eigenvalue weighted by Gasteiger charge is -2.07. The van der Waals surface area contributed by atoms with Gasteiger partial charge in [-0.05, 0) is 53.7 Å².